The molecule has 224 valence electrons. The van der Waals surface area contributed by atoms with Crippen LogP contribution in [0.25, 0.3) is 88.9 Å². The Morgan fingerprint density at radius 2 is 1.06 bits per heavy atom. The lowest BCUT2D eigenvalue weighted by Crippen LogP contribution is -1.96. The van der Waals surface area contributed by atoms with Gasteiger partial charge in [0.15, 0.2) is 5.82 Å². The highest BCUT2D eigenvalue weighted by atomic mass is 14.9. The number of benzene rings is 6. The van der Waals surface area contributed by atoms with E-state index < -0.39 is 0 Å². The van der Waals surface area contributed by atoms with E-state index in [4.69, 9.17) is 15.0 Å². The van der Waals surface area contributed by atoms with Gasteiger partial charge in [-0.3, -0.25) is 4.98 Å². The van der Waals surface area contributed by atoms with Crippen molar-refractivity contribution in [1.29, 1.82) is 0 Å². The molecule has 0 saturated carbocycles. The number of pyridine rings is 2. The monoisotopic (exact) mass is 612 g/mol. The van der Waals surface area contributed by atoms with Crippen molar-refractivity contribution < 1.29 is 0 Å². The first-order chi connectivity index (χ1) is 23.8. The zero-order valence-electron chi connectivity index (χ0n) is 26.0. The van der Waals surface area contributed by atoms with E-state index in [0.717, 1.165) is 61.5 Å². The van der Waals surface area contributed by atoms with Crippen LogP contribution in [0.15, 0.2) is 170 Å². The van der Waals surface area contributed by atoms with Crippen LogP contribution in [0.3, 0.4) is 0 Å². The van der Waals surface area contributed by atoms with Crippen LogP contribution in [0.1, 0.15) is 0 Å². The summed E-state index contributed by atoms with van der Waals surface area (Å²) in [6.45, 7) is 0. The summed E-state index contributed by atoms with van der Waals surface area (Å²) in [4.78, 5) is 19.6. The summed E-state index contributed by atoms with van der Waals surface area (Å²) in [6.07, 6.45) is 1.79. The summed E-state index contributed by atoms with van der Waals surface area (Å²) in [5, 5.41) is 6.04. The lowest BCUT2D eigenvalue weighted by Gasteiger charge is -2.13. The van der Waals surface area contributed by atoms with Crippen molar-refractivity contribution in [1.82, 2.24) is 19.9 Å². The number of para-hydroxylation sites is 1. The molecule has 0 N–H and O–H groups in total. The average molecular weight is 613 g/mol. The summed E-state index contributed by atoms with van der Waals surface area (Å²) in [6, 6.07) is 56.8. The first kappa shape index (κ1) is 27.8. The summed E-state index contributed by atoms with van der Waals surface area (Å²) < 4.78 is 0. The minimum absolute atomic E-state index is 0.674. The maximum Gasteiger partial charge on any atom is 0.160 e. The van der Waals surface area contributed by atoms with Gasteiger partial charge in [-0.1, -0.05) is 133 Å². The van der Waals surface area contributed by atoms with Crippen LogP contribution in [-0.2, 0) is 0 Å². The van der Waals surface area contributed by atoms with Gasteiger partial charge in [-0.25, -0.2) is 15.0 Å². The van der Waals surface area contributed by atoms with Crippen molar-refractivity contribution in [2.75, 3.05) is 0 Å². The molecule has 0 aliphatic carbocycles. The minimum Gasteiger partial charge on any atom is -0.255 e. The van der Waals surface area contributed by atoms with Gasteiger partial charge in [-0.05, 0) is 52.2 Å². The van der Waals surface area contributed by atoms with Crippen molar-refractivity contribution in [3.63, 3.8) is 0 Å². The number of nitrogens with zero attached hydrogens (tertiary/aromatic N) is 4. The van der Waals surface area contributed by atoms with Crippen LogP contribution in [0, 0.1) is 0 Å². The van der Waals surface area contributed by atoms with Crippen molar-refractivity contribution in [3.05, 3.63) is 170 Å². The molecule has 4 nitrogen and oxygen atoms in total. The third-order valence-electron chi connectivity index (χ3n) is 8.93. The lowest BCUT2D eigenvalue weighted by molar-refractivity contribution is 1.16. The van der Waals surface area contributed by atoms with E-state index in [2.05, 4.69) is 114 Å². The first-order valence-corrected chi connectivity index (χ1v) is 16.1. The predicted molar refractivity (Wildman–Crippen MR) is 197 cm³/mol. The predicted octanol–water partition coefficient (Wildman–Crippen LogP) is 11.1. The molecule has 9 aromatic rings. The van der Waals surface area contributed by atoms with Crippen molar-refractivity contribution in [3.8, 4) is 56.4 Å². The van der Waals surface area contributed by atoms with E-state index in [9.17, 15) is 0 Å². The Morgan fingerprint density at radius 1 is 0.354 bits per heavy atom. The lowest BCUT2D eigenvalue weighted by atomic mass is 9.94. The number of hydrogen-bond acceptors (Lipinski definition) is 4. The first-order valence-electron chi connectivity index (χ1n) is 16.1. The topological polar surface area (TPSA) is 51.6 Å². The number of rotatable bonds is 5. The molecule has 0 unspecified atom stereocenters. The molecule has 6 aromatic carbocycles. The summed E-state index contributed by atoms with van der Waals surface area (Å²) in [5.41, 5.74) is 9.76. The highest BCUT2D eigenvalue weighted by molar-refractivity contribution is 6.22. The van der Waals surface area contributed by atoms with Crippen LogP contribution in [0.2, 0.25) is 0 Å². The molecule has 48 heavy (non-hydrogen) atoms. The van der Waals surface area contributed by atoms with E-state index in [0.29, 0.717) is 5.82 Å². The molecule has 3 aromatic heterocycles. The Hall–Kier alpha value is -6.52. The molecule has 3 heterocycles. The second kappa shape index (κ2) is 11.7. The Labute approximate surface area is 278 Å². The molecule has 0 amide bonds. The number of hydrogen-bond donors (Lipinski definition) is 0. The Balaban J connectivity index is 1.13. The number of aromatic nitrogens is 4. The molecule has 0 bridgehead atoms. The van der Waals surface area contributed by atoms with Gasteiger partial charge in [0.25, 0.3) is 0 Å². The molecule has 0 saturated heterocycles. The van der Waals surface area contributed by atoms with Gasteiger partial charge < -0.3 is 0 Å². The quantitative estimate of drug-likeness (QED) is 0.181. The van der Waals surface area contributed by atoms with Gasteiger partial charge in [-0.15, -0.1) is 0 Å². The summed E-state index contributed by atoms with van der Waals surface area (Å²) in [7, 11) is 0. The second-order valence-electron chi connectivity index (χ2n) is 11.9. The van der Waals surface area contributed by atoms with E-state index in [-0.39, 0.29) is 0 Å². The number of fused-ring (bicyclic) bond motifs is 5. The fourth-order valence-electron chi connectivity index (χ4n) is 6.58. The van der Waals surface area contributed by atoms with Crippen LogP contribution >= 0.6 is 0 Å². The zero-order chi connectivity index (χ0) is 31.9. The zero-order valence-corrected chi connectivity index (χ0v) is 26.0. The standard InChI is InChI=1S/C44H28N4/c1-2-12-32(13-3-1)44-47-40(28-41(48-44)39-19-8-9-26-45-39)31-22-20-29(21-23-31)33-14-10-15-34(27-33)43-37-25-24-30-11-4-5-16-35(30)42(37)36-17-6-7-18-38(36)46-43/h1-28H. The van der Waals surface area contributed by atoms with E-state index >= 15 is 0 Å². The van der Waals surface area contributed by atoms with Crippen LogP contribution in [0.4, 0.5) is 0 Å². The molecular weight excluding hydrogens is 585 g/mol. The van der Waals surface area contributed by atoms with Crippen LogP contribution in [-0.4, -0.2) is 19.9 Å². The third-order valence-corrected chi connectivity index (χ3v) is 8.93. The summed E-state index contributed by atoms with van der Waals surface area (Å²) >= 11 is 0. The largest absolute Gasteiger partial charge is 0.255 e. The smallest absolute Gasteiger partial charge is 0.160 e. The fourth-order valence-corrected chi connectivity index (χ4v) is 6.58. The minimum atomic E-state index is 0.674. The maximum absolute atomic E-state index is 5.22. The maximum atomic E-state index is 5.22. The molecule has 9 rings (SSSR count). The highest BCUT2D eigenvalue weighted by Crippen LogP contribution is 2.38. The molecule has 4 heteroatoms. The fraction of sp³-hybridized carbons (Fsp3) is 0. The van der Waals surface area contributed by atoms with Gasteiger partial charge in [-0.2, -0.15) is 0 Å². The molecule has 0 aliphatic heterocycles. The van der Waals surface area contributed by atoms with Gasteiger partial charge in [0, 0.05) is 39.0 Å². The highest BCUT2D eigenvalue weighted by Gasteiger charge is 2.15. The SMILES string of the molecule is c1ccc(-c2nc(-c3ccc(-c4cccc(-c5nc6ccccc6c6c5ccc5ccccc56)c4)cc3)cc(-c3ccccn3)n2)cc1. The Kier molecular flexibility index (Phi) is 6.76. The molecule has 0 fully saturated rings. The van der Waals surface area contributed by atoms with Crippen LogP contribution < -0.4 is 0 Å². The summed E-state index contributed by atoms with van der Waals surface area (Å²) in [5.74, 6) is 0.674. The molecule has 0 radical (unpaired) electrons. The normalized spacial score (nSPS) is 11.3. The van der Waals surface area contributed by atoms with Gasteiger partial charge in [0.05, 0.1) is 28.3 Å². The second-order valence-corrected chi connectivity index (χ2v) is 11.9. The van der Waals surface area contributed by atoms with E-state index in [1.54, 1.807) is 6.20 Å². The molecule has 0 spiro atoms. The van der Waals surface area contributed by atoms with E-state index in [1.807, 2.05) is 54.6 Å². The molecular formula is C44H28N4. The van der Waals surface area contributed by atoms with Gasteiger partial charge >= 0.3 is 0 Å². The molecule has 0 atom stereocenters. The van der Waals surface area contributed by atoms with Crippen molar-refractivity contribution in [2.45, 2.75) is 0 Å². The van der Waals surface area contributed by atoms with Crippen molar-refractivity contribution in [2.24, 2.45) is 0 Å². The van der Waals surface area contributed by atoms with Crippen LogP contribution in [0.5, 0.6) is 0 Å². The van der Waals surface area contributed by atoms with E-state index in [1.165, 1.54) is 21.5 Å². The third kappa shape index (κ3) is 4.97. The average Bonchev–Trinajstić information content (AvgIpc) is 3.18. The van der Waals surface area contributed by atoms with Gasteiger partial charge in [0.2, 0.25) is 0 Å². The Morgan fingerprint density at radius 3 is 1.92 bits per heavy atom. The van der Waals surface area contributed by atoms with Gasteiger partial charge in [0.1, 0.15) is 0 Å². The van der Waals surface area contributed by atoms with Crippen molar-refractivity contribution >= 4 is 32.4 Å². The molecule has 0 aliphatic rings. The Bertz CT molecular complexity index is 2520.